The molecular weight excluding hydrogens is 523 g/mol. The molecule has 37 heavy (non-hydrogen) atoms. The number of likely N-dealkylation sites (N-methyl/N-ethyl adjacent to an activating group) is 1. The summed E-state index contributed by atoms with van der Waals surface area (Å²) in [4.78, 5) is 7.37. The molecule has 3 aromatic rings. The molecule has 0 bridgehead atoms. The fourth-order valence-corrected chi connectivity index (χ4v) is 6.04. The number of fused-ring (bicyclic) bond motifs is 2. The average Bonchev–Trinajstić information content (AvgIpc) is 3.05. The van der Waals surface area contributed by atoms with Crippen LogP contribution in [0.15, 0.2) is 81.6 Å². The number of halogens is 2. The summed E-state index contributed by atoms with van der Waals surface area (Å²) in [7, 11) is 4.10. The van der Waals surface area contributed by atoms with Crippen molar-refractivity contribution in [1.29, 1.82) is 0 Å². The summed E-state index contributed by atoms with van der Waals surface area (Å²) in [6, 6.07) is 23.5. The van der Waals surface area contributed by atoms with Crippen LogP contribution in [-0.4, -0.2) is 74.4 Å². The van der Waals surface area contributed by atoms with Crippen molar-refractivity contribution in [3.8, 4) is 5.75 Å². The summed E-state index contributed by atoms with van der Waals surface area (Å²) < 4.78 is 6.00. The number of hydrazone groups is 1. The monoisotopic (exact) mass is 556 g/mol. The first-order valence-corrected chi connectivity index (χ1v) is 13.7. The van der Waals surface area contributed by atoms with Crippen LogP contribution in [0.2, 0.25) is 5.02 Å². The highest BCUT2D eigenvalue weighted by molar-refractivity contribution is 7.99. The SMILES string of the molecule is CN(C)CCOc1ccccc1/C=N/N1CCN(C2Cc3ccccc3Sc3ccc(Cl)cc32)CC1.Cl. The van der Waals surface area contributed by atoms with Gasteiger partial charge in [-0.05, 0) is 68.0 Å². The Balaban J connectivity index is 0.00000320. The molecule has 196 valence electrons. The third-order valence-corrected chi connectivity index (χ3v) is 8.19. The first-order chi connectivity index (χ1) is 17.6. The van der Waals surface area contributed by atoms with Gasteiger partial charge in [-0.25, -0.2) is 0 Å². The highest BCUT2D eigenvalue weighted by Crippen LogP contribution is 2.43. The number of hydrogen-bond acceptors (Lipinski definition) is 6. The minimum Gasteiger partial charge on any atom is -0.492 e. The second-order valence-corrected chi connectivity index (χ2v) is 11.1. The molecule has 0 aliphatic carbocycles. The Morgan fingerprint density at radius 3 is 2.57 bits per heavy atom. The van der Waals surface area contributed by atoms with Crippen LogP contribution in [0.5, 0.6) is 5.75 Å². The summed E-state index contributed by atoms with van der Waals surface area (Å²) in [5.74, 6) is 0.879. The van der Waals surface area contributed by atoms with Gasteiger partial charge in [0.25, 0.3) is 0 Å². The van der Waals surface area contributed by atoms with Crippen molar-refractivity contribution < 1.29 is 4.74 Å². The number of benzene rings is 3. The zero-order chi connectivity index (χ0) is 24.9. The number of rotatable bonds is 7. The lowest BCUT2D eigenvalue weighted by molar-refractivity contribution is 0.0970. The van der Waals surface area contributed by atoms with Crippen LogP contribution in [-0.2, 0) is 6.42 Å². The molecule has 1 fully saturated rings. The van der Waals surface area contributed by atoms with Crippen molar-refractivity contribution in [3.63, 3.8) is 0 Å². The second-order valence-electron chi connectivity index (χ2n) is 9.54. The molecule has 0 N–H and O–H groups in total. The highest BCUT2D eigenvalue weighted by Gasteiger charge is 2.30. The molecule has 0 amide bonds. The Hall–Kier alpha value is -2.22. The van der Waals surface area contributed by atoms with Crippen LogP contribution >= 0.6 is 35.8 Å². The maximum atomic E-state index is 6.46. The maximum absolute atomic E-state index is 6.46. The van der Waals surface area contributed by atoms with Crippen molar-refractivity contribution in [2.75, 3.05) is 53.4 Å². The van der Waals surface area contributed by atoms with E-state index >= 15 is 0 Å². The van der Waals surface area contributed by atoms with Crippen LogP contribution in [0.3, 0.4) is 0 Å². The Morgan fingerprint density at radius 1 is 1.00 bits per heavy atom. The molecule has 5 nitrogen and oxygen atoms in total. The number of para-hydroxylation sites is 1. The molecule has 1 saturated heterocycles. The standard InChI is InChI=1S/C29H33ClN4OS.ClH/c1-32(2)17-18-35-27-9-5-3-8-23(27)21-31-34-15-13-33(14-16-34)26-19-22-7-4-6-10-28(22)36-29-12-11-24(30)20-25(26)29;/h3-12,20-21,26H,13-19H2,1-2H3;1H/b31-21+;. The van der Waals surface area contributed by atoms with E-state index in [0.29, 0.717) is 12.6 Å². The van der Waals surface area contributed by atoms with Gasteiger partial charge in [-0.15, -0.1) is 12.4 Å². The molecule has 2 aliphatic heterocycles. The smallest absolute Gasteiger partial charge is 0.128 e. The molecule has 1 unspecified atom stereocenters. The summed E-state index contributed by atoms with van der Waals surface area (Å²) in [6.45, 7) is 5.24. The third-order valence-electron chi connectivity index (χ3n) is 6.74. The van der Waals surface area contributed by atoms with E-state index < -0.39 is 0 Å². The molecule has 0 spiro atoms. The quantitative estimate of drug-likeness (QED) is 0.328. The van der Waals surface area contributed by atoms with Crippen LogP contribution in [0.4, 0.5) is 0 Å². The van der Waals surface area contributed by atoms with Crippen molar-refractivity contribution in [3.05, 3.63) is 88.4 Å². The molecule has 3 aromatic carbocycles. The minimum atomic E-state index is 0. The predicted octanol–water partition coefficient (Wildman–Crippen LogP) is 6.10. The van der Waals surface area contributed by atoms with Gasteiger partial charge in [0.05, 0.1) is 6.21 Å². The van der Waals surface area contributed by atoms with E-state index in [1.165, 1.54) is 20.9 Å². The van der Waals surface area contributed by atoms with Gasteiger partial charge in [0.2, 0.25) is 0 Å². The second kappa shape index (κ2) is 13.0. The van der Waals surface area contributed by atoms with Gasteiger partial charge in [0.15, 0.2) is 0 Å². The fourth-order valence-electron chi connectivity index (χ4n) is 4.75. The molecule has 2 heterocycles. The van der Waals surface area contributed by atoms with E-state index in [0.717, 1.165) is 55.5 Å². The molecule has 2 aliphatic rings. The van der Waals surface area contributed by atoms with Gasteiger partial charge in [0.1, 0.15) is 12.4 Å². The van der Waals surface area contributed by atoms with E-state index in [-0.39, 0.29) is 12.4 Å². The first-order valence-electron chi connectivity index (χ1n) is 12.5. The zero-order valence-electron chi connectivity index (χ0n) is 21.3. The normalized spacial score (nSPS) is 17.7. The van der Waals surface area contributed by atoms with Crippen molar-refractivity contribution in [2.24, 2.45) is 5.10 Å². The average molecular weight is 558 g/mol. The highest BCUT2D eigenvalue weighted by atomic mass is 35.5. The van der Waals surface area contributed by atoms with E-state index in [1.807, 2.05) is 42.2 Å². The number of piperazine rings is 1. The summed E-state index contributed by atoms with van der Waals surface area (Å²) in [5.41, 5.74) is 3.76. The predicted molar refractivity (Wildman–Crippen MR) is 157 cm³/mol. The Bertz CT molecular complexity index is 1210. The van der Waals surface area contributed by atoms with Crippen LogP contribution in [0.1, 0.15) is 22.7 Å². The van der Waals surface area contributed by atoms with Gasteiger partial charge in [0, 0.05) is 59.1 Å². The molecule has 5 rings (SSSR count). The maximum Gasteiger partial charge on any atom is 0.128 e. The minimum absolute atomic E-state index is 0. The Kier molecular flexibility index (Phi) is 9.79. The number of ether oxygens (including phenoxy) is 1. The lowest BCUT2D eigenvalue weighted by Crippen LogP contribution is -2.46. The van der Waals surface area contributed by atoms with Crippen molar-refractivity contribution >= 4 is 42.0 Å². The molecule has 8 heteroatoms. The van der Waals surface area contributed by atoms with Crippen LogP contribution in [0, 0.1) is 0 Å². The van der Waals surface area contributed by atoms with Crippen molar-refractivity contribution in [1.82, 2.24) is 14.8 Å². The lowest BCUT2D eigenvalue weighted by Gasteiger charge is -2.38. The fraction of sp³-hybridized carbons (Fsp3) is 0.345. The molecule has 1 atom stereocenters. The summed E-state index contributed by atoms with van der Waals surface area (Å²) in [6.07, 6.45) is 2.94. The zero-order valence-corrected chi connectivity index (χ0v) is 23.7. The van der Waals surface area contributed by atoms with Gasteiger partial charge < -0.3 is 9.64 Å². The van der Waals surface area contributed by atoms with E-state index in [9.17, 15) is 0 Å². The summed E-state index contributed by atoms with van der Waals surface area (Å²) in [5, 5.41) is 7.79. The van der Waals surface area contributed by atoms with Gasteiger partial charge in [-0.3, -0.25) is 9.91 Å². The van der Waals surface area contributed by atoms with Crippen LogP contribution in [0.25, 0.3) is 0 Å². The Labute approximate surface area is 235 Å². The van der Waals surface area contributed by atoms with Crippen molar-refractivity contribution in [2.45, 2.75) is 22.3 Å². The number of hydrogen-bond donors (Lipinski definition) is 0. The largest absolute Gasteiger partial charge is 0.492 e. The van der Waals surface area contributed by atoms with Crippen LogP contribution < -0.4 is 4.74 Å². The topological polar surface area (TPSA) is 31.3 Å². The Morgan fingerprint density at radius 2 is 1.76 bits per heavy atom. The van der Waals surface area contributed by atoms with Gasteiger partial charge >= 0.3 is 0 Å². The lowest BCUT2D eigenvalue weighted by atomic mass is 9.97. The summed E-state index contributed by atoms with van der Waals surface area (Å²) >= 11 is 8.32. The molecule has 0 radical (unpaired) electrons. The van der Waals surface area contributed by atoms with E-state index in [4.69, 9.17) is 21.4 Å². The molecular formula is C29H34Cl2N4OS. The van der Waals surface area contributed by atoms with E-state index in [2.05, 4.69) is 71.4 Å². The van der Waals surface area contributed by atoms with E-state index in [1.54, 1.807) is 0 Å². The van der Waals surface area contributed by atoms with Gasteiger partial charge in [-0.1, -0.05) is 53.7 Å². The number of nitrogens with zero attached hydrogens (tertiary/aromatic N) is 4. The third kappa shape index (κ3) is 7.01. The molecule has 0 saturated carbocycles. The van der Waals surface area contributed by atoms with Gasteiger partial charge in [-0.2, -0.15) is 5.10 Å². The molecule has 0 aromatic heterocycles. The first kappa shape index (κ1) is 27.8.